The predicted molar refractivity (Wildman–Crippen MR) is 117 cm³/mol. The van der Waals surface area contributed by atoms with Crippen LogP contribution in [0.5, 0.6) is 0 Å². The average molecular weight is 587 g/mol. The van der Waals surface area contributed by atoms with Gasteiger partial charge in [0.2, 0.25) is 0 Å². The minimum atomic E-state index is -0.327. The Morgan fingerprint density at radius 3 is 2.85 bits per heavy atom. The maximum atomic E-state index is 12.9. The van der Waals surface area contributed by atoms with E-state index in [4.69, 9.17) is 9.47 Å². The summed E-state index contributed by atoms with van der Waals surface area (Å²) in [6.45, 7) is 3.51. The molecule has 1 aromatic rings. The molecule has 0 spiro atoms. The van der Waals surface area contributed by atoms with Gasteiger partial charge >= 0.3 is 5.69 Å². The molecule has 2 atom stereocenters. The summed E-state index contributed by atoms with van der Waals surface area (Å²) in [6, 6.07) is 0. The summed E-state index contributed by atoms with van der Waals surface area (Å²) in [5, 5.41) is 0. The summed E-state index contributed by atoms with van der Waals surface area (Å²) >= 11 is 4.28. The average Bonchev–Trinajstić information content (AvgIpc) is 2.79. The van der Waals surface area contributed by atoms with E-state index in [9.17, 15) is 9.59 Å². The van der Waals surface area contributed by atoms with Crippen LogP contribution in [0.4, 0.5) is 5.82 Å². The van der Waals surface area contributed by atoms with Gasteiger partial charge in [0.25, 0.3) is 5.56 Å². The predicted octanol–water partition coefficient (Wildman–Crippen LogP) is 2.98. The Morgan fingerprint density at radius 1 is 1.31 bits per heavy atom. The molecule has 2 aliphatic heterocycles. The van der Waals surface area contributed by atoms with Crippen molar-refractivity contribution in [1.29, 1.82) is 0 Å². The van der Waals surface area contributed by atoms with Crippen LogP contribution in [0.2, 0.25) is 0 Å². The standard InChI is InChI=1S/C17H23I2N3O4/c1-11-13(18)7-6-12-15(20-11)22(19)17(24)21(16(12)23)8-4-10-26-14-5-2-3-9-25-14/h13-14H,2-10H2,1H3. The molecule has 0 N–H and O–H groups in total. The van der Waals surface area contributed by atoms with Crippen molar-refractivity contribution in [2.24, 2.45) is 4.99 Å². The van der Waals surface area contributed by atoms with Crippen LogP contribution in [0.1, 0.15) is 44.6 Å². The number of rotatable bonds is 5. The lowest BCUT2D eigenvalue weighted by Gasteiger charge is -2.22. The zero-order valence-corrected chi connectivity index (χ0v) is 19.1. The minimum absolute atomic E-state index is 0.147. The Kier molecular flexibility index (Phi) is 7.31. The Morgan fingerprint density at radius 2 is 2.12 bits per heavy atom. The minimum Gasteiger partial charge on any atom is -0.353 e. The normalized spacial score (nSPS) is 23.3. The number of hydrogen-bond acceptors (Lipinski definition) is 5. The third-order valence-electron chi connectivity index (χ3n) is 4.71. The van der Waals surface area contributed by atoms with Crippen molar-refractivity contribution < 1.29 is 9.47 Å². The van der Waals surface area contributed by atoms with Gasteiger partial charge in [-0.05, 0) is 45.4 Å². The van der Waals surface area contributed by atoms with Crippen LogP contribution in [0.25, 0.3) is 0 Å². The van der Waals surface area contributed by atoms with Gasteiger partial charge in [-0.2, -0.15) is 0 Å². The molecular formula is C17H23I2N3O4. The molecule has 9 heteroatoms. The molecule has 0 radical (unpaired) electrons. The van der Waals surface area contributed by atoms with Crippen molar-refractivity contribution in [2.45, 2.75) is 62.2 Å². The molecule has 3 rings (SSSR count). The summed E-state index contributed by atoms with van der Waals surface area (Å²) in [7, 11) is 0. The van der Waals surface area contributed by atoms with Gasteiger partial charge in [0.05, 0.1) is 35.0 Å². The van der Waals surface area contributed by atoms with Gasteiger partial charge in [0.15, 0.2) is 12.1 Å². The lowest BCUT2D eigenvalue weighted by molar-refractivity contribution is -0.163. The summed E-state index contributed by atoms with van der Waals surface area (Å²) < 4.78 is 14.3. The lowest BCUT2D eigenvalue weighted by Crippen LogP contribution is -2.39. The molecular weight excluding hydrogens is 564 g/mol. The zero-order valence-electron chi connectivity index (χ0n) is 14.7. The fourth-order valence-corrected chi connectivity index (χ4v) is 4.30. The largest absolute Gasteiger partial charge is 0.353 e. The van der Waals surface area contributed by atoms with Gasteiger partial charge in [-0.25, -0.2) is 12.6 Å². The molecule has 0 aromatic carbocycles. The first-order chi connectivity index (χ1) is 12.5. The molecule has 1 saturated heterocycles. The van der Waals surface area contributed by atoms with Crippen molar-refractivity contribution in [3.05, 3.63) is 26.4 Å². The highest BCUT2D eigenvalue weighted by Gasteiger charge is 2.23. The third-order valence-corrected chi connectivity index (χ3v) is 7.10. The van der Waals surface area contributed by atoms with Crippen LogP contribution in [0.3, 0.4) is 0 Å². The third kappa shape index (κ3) is 4.58. The van der Waals surface area contributed by atoms with Gasteiger partial charge in [-0.15, -0.1) is 0 Å². The summed E-state index contributed by atoms with van der Waals surface area (Å²) in [5.74, 6) is 0.500. The lowest BCUT2D eigenvalue weighted by atomic mass is 10.1. The van der Waals surface area contributed by atoms with Crippen LogP contribution >= 0.6 is 45.5 Å². The molecule has 0 aliphatic carbocycles. The Balaban J connectivity index is 1.74. The fourth-order valence-electron chi connectivity index (χ4n) is 3.18. The summed E-state index contributed by atoms with van der Waals surface area (Å²) in [6.07, 6.45) is 5.06. The summed E-state index contributed by atoms with van der Waals surface area (Å²) in [5.41, 5.74) is 1.04. The van der Waals surface area contributed by atoms with Crippen LogP contribution < -0.4 is 11.2 Å². The SMILES string of the molecule is CC1=Nc2c(c(=O)n(CCCOC3CCCCO3)c(=O)n2I)CCC1I. The molecule has 2 unspecified atom stereocenters. The molecule has 7 nitrogen and oxygen atoms in total. The monoisotopic (exact) mass is 587 g/mol. The Bertz CT molecular complexity index is 796. The molecule has 1 fully saturated rings. The quantitative estimate of drug-likeness (QED) is 0.302. The van der Waals surface area contributed by atoms with E-state index < -0.39 is 0 Å². The molecule has 2 aliphatic rings. The highest BCUT2D eigenvalue weighted by molar-refractivity contribution is 14.1. The zero-order chi connectivity index (χ0) is 18.7. The Hall–Kier alpha value is -0.270. The van der Waals surface area contributed by atoms with E-state index >= 15 is 0 Å². The van der Waals surface area contributed by atoms with Crippen molar-refractivity contribution >= 4 is 57.0 Å². The molecule has 144 valence electrons. The first kappa shape index (κ1) is 20.5. The van der Waals surface area contributed by atoms with Gasteiger partial charge in [-0.3, -0.25) is 9.36 Å². The maximum Gasteiger partial charge on any atom is 0.341 e. The number of aliphatic imine (C=N–C) groups is 1. The number of halogens is 2. The molecule has 0 bridgehead atoms. The molecule has 3 heterocycles. The van der Waals surface area contributed by atoms with Crippen LogP contribution in [-0.2, 0) is 22.4 Å². The first-order valence-corrected chi connectivity index (χ1v) is 11.2. The topological polar surface area (TPSA) is 74.8 Å². The van der Waals surface area contributed by atoms with E-state index in [1.807, 2.05) is 29.8 Å². The van der Waals surface area contributed by atoms with Gasteiger partial charge < -0.3 is 9.47 Å². The Labute approximate surface area is 179 Å². The maximum absolute atomic E-state index is 12.9. The number of aromatic nitrogens is 2. The van der Waals surface area contributed by atoms with Crippen molar-refractivity contribution in [3.63, 3.8) is 0 Å². The second kappa shape index (κ2) is 9.28. The fraction of sp³-hybridized carbons (Fsp3) is 0.706. The van der Waals surface area contributed by atoms with Gasteiger partial charge in [0.1, 0.15) is 0 Å². The number of fused-ring (bicyclic) bond motifs is 1. The number of ether oxygens (including phenoxy) is 2. The highest BCUT2D eigenvalue weighted by atomic mass is 127. The van der Waals surface area contributed by atoms with E-state index in [-0.39, 0.29) is 21.5 Å². The van der Waals surface area contributed by atoms with E-state index in [1.165, 1.54) is 7.35 Å². The van der Waals surface area contributed by atoms with Gasteiger partial charge in [-0.1, -0.05) is 22.6 Å². The van der Waals surface area contributed by atoms with E-state index in [2.05, 4.69) is 27.6 Å². The van der Waals surface area contributed by atoms with Crippen LogP contribution in [0.15, 0.2) is 14.6 Å². The first-order valence-electron chi connectivity index (χ1n) is 8.96. The highest BCUT2D eigenvalue weighted by Crippen LogP contribution is 2.26. The number of hydrogen-bond donors (Lipinski definition) is 0. The van der Waals surface area contributed by atoms with Crippen LogP contribution in [0, 0.1) is 0 Å². The van der Waals surface area contributed by atoms with E-state index in [0.717, 1.165) is 38.0 Å². The number of alkyl halides is 1. The van der Waals surface area contributed by atoms with Crippen LogP contribution in [-0.4, -0.2) is 36.5 Å². The van der Waals surface area contributed by atoms with Gasteiger partial charge in [0, 0.05) is 22.8 Å². The second-order valence-corrected chi connectivity index (χ2v) is 9.07. The number of nitrogens with zero attached hydrogens (tertiary/aromatic N) is 3. The summed E-state index contributed by atoms with van der Waals surface area (Å²) in [4.78, 5) is 30.0. The van der Waals surface area contributed by atoms with Crippen molar-refractivity contribution in [2.75, 3.05) is 13.2 Å². The molecule has 1 aromatic heterocycles. The molecule has 0 saturated carbocycles. The van der Waals surface area contributed by atoms with E-state index in [1.54, 1.807) is 0 Å². The van der Waals surface area contributed by atoms with E-state index in [0.29, 0.717) is 37.4 Å². The molecule has 0 amide bonds. The van der Waals surface area contributed by atoms with Crippen molar-refractivity contribution in [1.82, 2.24) is 7.35 Å². The van der Waals surface area contributed by atoms with Crippen molar-refractivity contribution in [3.8, 4) is 0 Å². The smallest absolute Gasteiger partial charge is 0.341 e. The second-order valence-electron chi connectivity index (χ2n) is 6.60. The molecule has 26 heavy (non-hydrogen) atoms.